The van der Waals surface area contributed by atoms with Crippen molar-refractivity contribution >= 4 is 39.3 Å². The Morgan fingerprint density at radius 3 is 2.50 bits per heavy atom. The van der Waals surface area contributed by atoms with Gasteiger partial charge < -0.3 is 9.72 Å². The smallest absolute Gasteiger partial charge is 0.326 e. The Hall–Kier alpha value is -3.71. The summed E-state index contributed by atoms with van der Waals surface area (Å²) in [5.41, 5.74) is 4.37. The standard InChI is InChI=1S/C25H23N3O4/c1-14-12-19-21(27(2)25(31)26-19)13-20(14)28-23(29)17-8-4-7-16-15(6-5-11-32-3)9-10-18(22(16)17)24(28)30/h4,7-10,12-13H,5-6,11H2,1-3H3,(H,26,31). The van der Waals surface area contributed by atoms with E-state index in [1.807, 2.05) is 31.2 Å². The van der Waals surface area contributed by atoms with E-state index in [4.69, 9.17) is 4.74 Å². The SMILES string of the molecule is COCCCc1ccc2c3c(cccc13)C(=O)N(c1cc3c(cc1C)[nH]c(=O)n3C)C2=O. The summed E-state index contributed by atoms with van der Waals surface area (Å²) >= 11 is 0. The average molecular weight is 429 g/mol. The lowest BCUT2D eigenvalue weighted by Crippen LogP contribution is -2.41. The largest absolute Gasteiger partial charge is 0.385 e. The highest BCUT2D eigenvalue weighted by atomic mass is 16.5. The van der Waals surface area contributed by atoms with E-state index in [1.165, 1.54) is 9.47 Å². The van der Waals surface area contributed by atoms with E-state index in [0.717, 1.165) is 29.4 Å². The first-order valence-electron chi connectivity index (χ1n) is 10.5. The average Bonchev–Trinajstić information content (AvgIpc) is 3.05. The van der Waals surface area contributed by atoms with Crippen LogP contribution in [0.5, 0.6) is 0 Å². The van der Waals surface area contributed by atoms with Crippen molar-refractivity contribution in [3.63, 3.8) is 0 Å². The van der Waals surface area contributed by atoms with Crippen molar-refractivity contribution in [1.29, 1.82) is 0 Å². The molecule has 1 aliphatic rings. The highest BCUT2D eigenvalue weighted by Crippen LogP contribution is 2.36. The number of benzene rings is 3. The number of aryl methyl sites for hydroxylation is 3. The number of fused-ring (bicyclic) bond motifs is 1. The van der Waals surface area contributed by atoms with Crippen LogP contribution in [0.3, 0.4) is 0 Å². The van der Waals surface area contributed by atoms with Crippen LogP contribution in [0.4, 0.5) is 5.69 Å². The van der Waals surface area contributed by atoms with Gasteiger partial charge in [0.2, 0.25) is 0 Å². The number of nitrogens with one attached hydrogen (secondary N) is 1. The Morgan fingerprint density at radius 2 is 1.75 bits per heavy atom. The van der Waals surface area contributed by atoms with Crippen molar-refractivity contribution in [1.82, 2.24) is 9.55 Å². The van der Waals surface area contributed by atoms with E-state index < -0.39 is 0 Å². The van der Waals surface area contributed by atoms with Crippen molar-refractivity contribution in [2.24, 2.45) is 7.05 Å². The number of H-pyrrole nitrogens is 1. The lowest BCUT2D eigenvalue weighted by molar-refractivity contribution is 0.0893. The molecule has 1 N–H and O–H groups in total. The molecule has 5 rings (SSSR count). The molecule has 0 bridgehead atoms. The molecule has 32 heavy (non-hydrogen) atoms. The molecule has 0 radical (unpaired) electrons. The molecule has 0 saturated carbocycles. The zero-order valence-electron chi connectivity index (χ0n) is 18.2. The van der Waals surface area contributed by atoms with E-state index in [0.29, 0.717) is 39.8 Å². The minimum atomic E-state index is -0.356. The Kier molecular flexibility index (Phi) is 4.71. The summed E-state index contributed by atoms with van der Waals surface area (Å²) < 4.78 is 6.64. The van der Waals surface area contributed by atoms with Crippen LogP contribution in [-0.2, 0) is 18.2 Å². The fourth-order valence-electron chi connectivity index (χ4n) is 4.61. The molecule has 7 heteroatoms. The van der Waals surface area contributed by atoms with Gasteiger partial charge in [-0.3, -0.25) is 14.2 Å². The zero-order valence-corrected chi connectivity index (χ0v) is 18.2. The van der Waals surface area contributed by atoms with Gasteiger partial charge >= 0.3 is 5.69 Å². The van der Waals surface area contributed by atoms with Crippen LogP contribution in [-0.4, -0.2) is 35.1 Å². The topological polar surface area (TPSA) is 84.4 Å². The molecule has 1 aromatic heterocycles. The van der Waals surface area contributed by atoms with Gasteiger partial charge in [-0.25, -0.2) is 9.69 Å². The third kappa shape index (κ3) is 2.89. The maximum absolute atomic E-state index is 13.6. The number of hydrogen-bond acceptors (Lipinski definition) is 4. The summed E-state index contributed by atoms with van der Waals surface area (Å²) in [6.07, 6.45) is 1.66. The van der Waals surface area contributed by atoms with E-state index in [1.54, 1.807) is 32.4 Å². The fraction of sp³-hybridized carbons (Fsp3) is 0.240. The number of methoxy groups -OCH3 is 1. The second-order valence-corrected chi connectivity index (χ2v) is 8.19. The van der Waals surface area contributed by atoms with Crippen LogP contribution in [0, 0.1) is 6.92 Å². The molecule has 0 fully saturated rings. The number of imidazole rings is 1. The number of carbonyl (C=O) groups excluding carboxylic acids is 2. The fourth-order valence-corrected chi connectivity index (χ4v) is 4.61. The summed E-state index contributed by atoms with van der Waals surface area (Å²) in [6.45, 7) is 2.48. The van der Waals surface area contributed by atoms with Crippen LogP contribution in [0.2, 0.25) is 0 Å². The van der Waals surface area contributed by atoms with Gasteiger partial charge in [0.25, 0.3) is 11.8 Å². The van der Waals surface area contributed by atoms with Crippen LogP contribution in [0.1, 0.15) is 38.3 Å². The lowest BCUT2D eigenvalue weighted by Gasteiger charge is -2.29. The second kappa shape index (κ2) is 7.46. The quantitative estimate of drug-likeness (QED) is 0.387. The Bertz CT molecular complexity index is 1460. The highest BCUT2D eigenvalue weighted by molar-refractivity contribution is 6.36. The summed E-state index contributed by atoms with van der Waals surface area (Å²) in [6, 6.07) is 12.9. The third-order valence-corrected chi connectivity index (χ3v) is 6.26. The van der Waals surface area contributed by atoms with Gasteiger partial charge in [0.15, 0.2) is 0 Å². The number of rotatable bonds is 5. The van der Waals surface area contributed by atoms with Crippen LogP contribution < -0.4 is 10.6 Å². The number of imide groups is 1. The van der Waals surface area contributed by atoms with E-state index in [2.05, 4.69) is 4.98 Å². The van der Waals surface area contributed by atoms with Crippen molar-refractivity contribution in [3.05, 3.63) is 75.2 Å². The van der Waals surface area contributed by atoms with Gasteiger partial charge in [-0.15, -0.1) is 0 Å². The normalized spacial score (nSPS) is 13.5. The summed E-state index contributed by atoms with van der Waals surface area (Å²) in [5, 5.41) is 1.64. The first-order chi connectivity index (χ1) is 15.4. The molecule has 7 nitrogen and oxygen atoms in total. The van der Waals surface area contributed by atoms with E-state index >= 15 is 0 Å². The Balaban J connectivity index is 1.67. The highest BCUT2D eigenvalue weighted by Gasteiger charge is 2.35. The Labute approximate surface area is 184 Å². The predicted molar refractivity (Wildman–Crippen MR) is 124 cm³/mol. The predicted octanol–water partition coefficient (Wildman–Crippen LogP) is 3.71. The molecule has 2 amide bonds. The zero-order chi connectivity index (χ0) is 22.6. The van der Waals surface area contributed by atoms with Gasteiger partial charge in [0.05, 0.1) is 16.7 Å². The molecular weight excluding hydrogens is 406 g/mol. The van der Waals surface area contributed by atoms with Crippen molar-refractivity contribution in [3.8, 4) is 0 Å². The lowest BCUT2D eigenvalue weighted by atomic mass is 9.89. The molecule has 162 valence electrons. The number of aromatic amines is 1. The molecule has 0 unspecified atom stereocenters. The van der Waals surface area contributed by atoms with Crippen LogP contribution in [0.25, 0.3) is 21.8 Å². The maximum Gasteiger partial charge on any atom is 0.326 e. The third-order valence-electron chi connectivity index (χ3n) is 6.26. The minimum absolute atomic E-state index is 0.246. The van der Waals surface area contributed by atoms with Gasteiger partial charge in [-0.2, -0.15) is 0 Å². The number of ether oxygens (including phenoxy) is 1. The molecule has 0 aliphatic carbocycles. The van der Waals surface area contributed by atoms with E-state index in [9.17, 15) is 14.4 Å². The molecule has 2 heterocycles. The second-order valence-electron chi connectivity index (χ2n) is 8.19. The molecule has 0 spiro atoms. The number of carbonyl (C=O) groups is 2. The number of aromatic nitrogens is 2. The van der Waals surface area contributed by atoms with Gasteiger partial charge in [-0.05, 0) is 60.5 Å². The summed E-state index contributed by atoms with van der Waals surface area (Å²) in [7, 11) is 3.33. The first kappa shape index (κ1) is 20.2. The van der Waals surface area contributed by atoms with Crippen LogP contribution >= 0.6 is 0 Å². The summed E-state index contributed by atoms with van der Waals surface area (Å²) in [4.78, 5) is 43.2. The van der Waals surface area contributed by atoms with E-state index in [-0.39, 0.29) is 17.5 Å². The maximum atomic E-state index is 13.6. The minimum Gasteiger partial charge on any atom is -0.385 e. The molecule has 4 aromatic rings. The first-order valence-corrected chi connectivity index (χ1v) is 10.5. The van der Waals surface area contributed by atoms with Crippen molar-refractivity contribution < 1.29 is 14.3 Å². The van der Waals surface area contributed by atoms with Crippen molar-refractivity contribution in [2.75, 3.05) is 18.6 Å². The van der Waals surface area contributed by atoms with Gasteiger partial charge in [0.1, 0.15) is 0 Å². The molecule has 0 atom stereocenters. The molecule has 0 saturated heterocycles. The number of anilines is 1. The summed E-state index contributed by atoms with van der Waals surface area (Å²) in [5.74, 6) is -0.713. The number of nitrogens with zero attached hydrogens (tertiary/aromatic N) is 2. The molecule has 3 aromatic carbocycles. The number of hydrogen-bond donors (Lipinski definition) is 1. The van der Waals surface area contributed by atoms with Gasteiger partial charge in [0, 0.05) is 37.3 Å². The molecule has 1 aliphatic heterocycles. The number of amides is 2. The van der Waals surface area contributed by atoms with Crippen molar-refractivity contribution in [2.45, 2.75) is 19.8 Å². The monoisotopic (exact) mass is 429 g/mol. The van der Waals surface area contributed by atoms with Crippen LogP contribution in [0.15, 0.2) is 47.3 Å². The van der Waals surface area contributed by atoms with Gasteiger partial charge in [-0.1, -0.05) is 18.2 Å². The molecular formula is C25H23N3O4. The Morgan fingerprint density at radius 1 is 1.00 bits per heavy atom.